The fraction of sp³-hybridized carbons (Fsp3) is 0.391. The third-order valence-corrected chi connectivity index (χ3v) is 7.50. The van der Waals surface area contributed by atoms with Gasteiger partial charge in [0, 0.05) is 23.0 Å². The van der Waals surface area contributed by atoms with Gasteiger partial charge < -0.3 is 0 Å². The number of imide groups is 1. The molecule has 3 saturated heterocycles. The zero-order valence-electron chi connectivity index (χ0n) is 15.4. The number of nitrogens with zero attached hydrogens (tertiary/aromatic N) is 2. The van der Waals surface area contributed by atoms with E-state index in [1.165, 1.54) is 28.9 Å². The molecule has 4 aliphatic heterocycles. The Balaban J connectivity index is 1.51. The molecule has 0 aromatic heterocycles. The first kappa shape index (κ1) is 16.8. The van der Waals surface area contributed by atoms with Crippen LogP contribution in [0.3, 0.4) is 0 Å². The van der Waals surface area contributed by atoms with Gasteiger partial charge >= 0.3 is 0 Å². The predicted molar refractivity (Wildman–Crippen MR) is 107 cm³/mol. The first-order chi connectivity index (χ1) is 13.7. The van der Waals surface area contributed by atoms with E-state index >= 15 is 0 Å². The van der Waals surface area contributed by atoms with E-state index in [4.69, 9.17) is 11.6 Å². The molecule has 1 aliphatic carbocycles. The van der Waals surface area contributed by atoms with Gasteiger partial charge in [-0.05, 0) is 54.8 Å². The Kier molecular flexibility index (Phi) is 3.54. The quantitative estimate of drug-likeness (QED) is 0.684. The molecule has 4 heterocycles. The van der Waals surface area contributed by atoms with Gasteiger partial charge in [-0.2, -0.15) is 0 Å². The van der Waals surface area contributed by atoms with Crippen molar-refractivity contribution in [1.29, 1.82) is 0 Å². The molecule has 5 heteroatoms. The van der Waals surface area contributed by atoms with Crippen LogP contribution >= 0.6 is 11.6 Å². The summed E-state index contributed by atoms with van der Waals surface area (Å²) < 4.78 is 0. The number of anilines is 1. The molecule has 3 fully saturated rings. The molecule has 0 N–H and O–H groups in total. The van der Waals surface area contributed by atoms with Gasteiger partial charge in [-0.3, -0.25) is 14.5 Å². The summed E-state index contributed by atoms with van der Waals surface area (Å²) in [6.45, 7) is 1.02. The van der Waals surface area contributed by atoms with Crippen LogP contribution in [-0.4, -0.2) is 29.3 Å². The van der Waals surface area contributed by atoms with Crippen molar-refractivity contribution in [2.45, 2.75) is 37.3 Å². The lowest BCUT2D eigenvalue weighted by Gasteiger charge is -2.57. The van der Waals surface area contributed by atoms with Crippen molar-refractivity contribution in [3.63, 3.8) is 0 Å². The molecule has 5 atom stereocenters. The molecule has 0 saturated carbocycles. The third-order valence-electron chi connectivity index (χ3n) is 7.25. The van der Waals surface area contributed by atoms with Crippen LogP contribution in [0, 0.1) is 11.8 Å². The minimum absolute atomic E-state index is 0.0188. The molecule has 2 amide bonds. The Morgan fingerprint density at radius 1 is 0.821 bits per heavy atom. The summed E-state index contributed by atoms with van der Waals surface area (Å²) in [7, 11) is 0. The summed E-state index contributed by atoms with van der Waals surface area (Å²) in [6, 6.07) is 15.9. The number of amides is 2. The number of hydrogen-bond donors (Lipinski definition) is 0. The fourth-order valence-electron chi connectivity index (χ4n) is 6.28. The van der Waals surface area contributed by atoms with Gasteiger partial charge in [0.15, 0.2) is 0 Å². The molecular weight excluding hydrogens is 372 g/mol. The molecule has 0 radical (unpaired) electrons. The van der Waals surface area contributed by atoms with Crippen LogP contribution in [0.25, 0.3) is 0 Å². The molecular formula is C23H21ClN2O2. The predicted octanol–water partition coefficient (Wildman–Crippen LogP) is 4.15. The largest absolute Gasteiger partial charge is 0.292 e. The van der Waals surface area contributed by atoms with Gasteiger partial charge in [-0.1, -0.05) is 42.3 Å². The average molecular weight is 393 g/mol. The number of rotatable bonds is 1. The number of hydrogen-bond acceptors (Lipinski definition) is 3. The van der Waals surface area contributed by atoms with E-state index in [0.717, 1.165) is 13.0 Å². The minimum Gasteiger partial charge on any atom is -0.292 e. The van der Waals surface area contributed by atoms with E-state index in [1.54, 1.807) is 24.3 Å². The van der Waals surface area contributed by atoms with Crippen LogP contribution in [0.4, 0.5) is 5.69 Å². The van der Waals surface area contributed by atoms with Crippen molar-refractivity contribution in [3.8, 4) is 0 Å². The van der Waals surface area contributed by atoms with E-state index in [9.17, 15) is 9.59 Å². The Bertz CT molecular complexity index is 931. The molecule has 28 heavy (non-hydrogen) atoms. The van der Waals surface area contributed by atoms with E-state index < -0.39 is 0 Å². The maximum Gasteiger partial charge on any atom is 0.239 e. The highest BCUT2D eigenvalue weighted by Gasteiger charge is 2.65. The zero-order chi connectivity index (χ0) is 19.0. The molecule has 5 aliphatic rings. The number of carbonyl (C=O) groups excluding carboxylic acids is 2. The molecule has 5 unspecified atom stereocenters. The monoisotopic (exact) mass is 392 g/mol. The molecule has 2 bridgehead atoms. The van der Waals surface area contributed by atoms with Crippen molar-refractivity contribution >= 4 is 29.1 Å². The van der Waals surface area contributed by atoms with Crippen LogP contribution in [0.1, 0.15) is 42.3 Å². The topological polar surface area (TPSA) is 40.6 Å². The number of halogens is 1. The Hall–Kier alpha value is -2.17. The smallest absolute Gasteiger partial charge is 0.239 e. The van der Waals surface area contributed by atoms with Gasteiger partial charge in [0.25, 0.3) is 0 Å². The number of benzene rings is 2. The lowest BCUT2D eigenvalue weighted by Crippen LogP contribution is -2.59. The van der Waals surface area contributed by atoms with Gasteiger partial charge in [0.2, 0.25) is 11.8 Å². The summed E-state index contributed by atoms with van der Waals surface area (Å²) in [4.78, 5) is 31.1. The first-order valence-electron chi connectivity index (χ1n) is 10.1. The molecule has 7 rings (SSSR count). The average Bonchev–Trinajstić information content (AvgIpc) is 3.00. The van der Waals surface area contributed by atoms with Crippen LogP contribution in [0.2, 0.25) is 5.02 Å². The van der Waals surface area contributed by atoms with Crippen molar-refractivity contribution in [2.24, 2.45) is 11.8 Å². The summed E-state index contributed by atoms with van der Waals surface area (Å²) >= 11 is 6.02. The highest BCUT2D eigenvalue weighted by atomic mass is 35.5. The maximum absolute atomic E-state index is 13.6. The van der Waals surface area contributed by atoms with Crippen molar-refractivity contribution < 1.29 is 9.59 Å². The van der Waals surface area contributed by atoms with Crippen LogP contribution in [0.15, 0.2) is 48.5 Å². The maximum atomic E-state index is 13.6. The van der Waals surface area contributed by atoms with E-state index in [-0.39, 0.29) is 35.6 Å². The summed E-state index contributed by atoms with van der Waals surface area (Å²) in [5, 5.41) is 0.602. The Morgan fingerprint density at radius 3 is 2.32 bits per heavy atom. The second-order valence-corrected chi connectivity index (χ2v) is 8.88. The normalized spacial score (nSPS) is 33.6. The summed E-state index contributed by atoms with van der Waals surface area (Å²) in [6.07, 6.45) is 3.48. The highest BCUT2D eigenvalue weighted by Crippen LogP contribution is 2.61. The fourth-order valence-corrected chi connectivity index (χ4v) is 6.41. The zero-order valence-corrected chi connectivity index (χ0v) is 16.2. The van der Waals surface area contributed by atoms with Crippen molar-refractivity contribution in [3.05, 3.63) is 64.7 Å². The van der Waals surface area contributed by atoms with Crippen LogP contribution in [-0.2, 0) is 9.59 Å². The van der Waals surface area contributed by atoms with E-state index in [1.807, 2.05) is 0 Å². The summed E-state index contributed by atoms with van der Waals surface area (Å²) in [5.41, 5.74) is 3.18. The highest BCUT2D eigenvalue weighted by molar-refractivity contribution is 6.30. The van der Waals surface area contributed by atoms with E-state index in [0.29, 0.717) is 16.8 Å². The Labute approximate surface area is 169 Å². The van der Waals surface area contributed by atoms with Gasteiger partial charge in [-0.25, -0.2) is 4.90 Å². The van der Waals surface area contributed by atoms with Crippen molar-refractivity contribution in [2.75, 3.05) is 11.4 Å². The SMILES string of the molecule is O=C1C2C(C(=O)N1c1ccc(Cl)cc1)C1c3ccccc3C2C2CCCCN21. The number of piperidine rings is 2. The van der Waals surface area contributed by atoms with Gasteiger partial charge in [-0.15, -0.1) is 0 Å². The van der Waals surface area contributed by atoms with Crippen LogP contribution < -0.4 is 4.90 Å². The minimum atomic E-state index is -0.280. The Morgan fingerprint density at radius 2 is 1.54 bits per heavy atom. The molecule has 0 spiro atoms. The third kappa shape index (κ3) is 2.05. The molecule has 2 aromatic rings. The van der Waals surface area contributed by atoms with Gasteiger partial charge in [0.05, 0.1) is 17.5 Å². The van der Waals surface area contributed by atoms with Crippen LogP contribution in [0.5, 0.6) is 0 Å². The lowest BCUT2D eigenvalue weighted by molar-refractivity contribution is -0.133. The van der Waals surface area contributed by atoms with Gasteiger partial charge in [0.1, 0.15) is 0 Å². The second kappa shape index (κ2) is 5.91. The van der Waals surface area contributed by atoms with Crippen molar-refractivity contribution in [1.82, 2.24) is 4.90 Å². The van der Waals surface area contributed by atoms with E-state index in [2.05, 4.69) is 29.2 Å². The standard InChI is InChI=1S/C23H21ClN2O2/c24-13-8-10-14(11-9-13)26-22(27)19-18-15-5-1-2-6-16(15)21(20(19)23(26)28)25-12-4-3-7-17(18)25/h1-2,5-6,8-11,17-21H,3-4,7,12H2. The first-order valence-corrected chi connectivity index (χ1v) is 10.5. The molecule has 142 valence electrons. The summed E-state index contributed by atoms with van der Waals surface area (Å²) in [5.74, 6) is -0.502. The lowest BCUT2D eigenvalue weighted by atomic mass is 9.59. The molecule has 2 aromatic carbocycles. The number of carbonyl (C=O) groups is 2. The molecule has 4 nitrogen and oxygen atoms in total. The second-order valence-electron chi connectivity index (χ2n) is 8.44.